The molecule has 0 saturated heterocycles. The number of H-pyrrole nitrogens is 1. The van der Waals surface area contributed by atoms with Gasteiger partial charge >= 0.3 is 5.97 Å². The summed E-state index contributed by atoms with van der Waals surface area (Å²) in [5, 5.41) is 1.98. The van der Waals surface area contributed by atoms with E-state index in [1.165, 1.54) is 0 Å². The number of hydrogen-bond acceptors (Lipinski definition) is 4. The van der Waals surface area contributed by atoms with E-state index in [1.807, 2.05) is 47.0 Å². The fourth-order valence-electron chi connectivity index (χ4n) is 4.02. The number of nitrogens with one attached hydrogen (secondary N) is 1. The number of nitrogens with zero attached hydrogens (tertiary/aromatic N) is 3. The highest BCUT2D eigenvalue weighted by atomic mass is 35.5. The minimum Gasteiger partial charge on any atom is -0.461 e. The smallest absolute Gasteiger partial charge is 0.355 e. The van der Waals surface area contributed by atoms with Crippen LogP contribution in [-0.2, 0) is 11.3 Å². The Morgan fingerprint density at radius 2 is 1.82 bits per heavy atom. The molecule has 2 aromatic carbocycles. The summed E-state index contributed by atoms with van der Waals surface area (Å²) in [4.78, 5) is 25.4. The number of rotatable bonds is 6. The molecule has 0 amide bonds. The van der Waals surface area contributed by atoms with Crippen LogP contribution >= 0.6 is 23.2 Å². The number of pyridine rings is 1. The molecule has 0 fully saturated rings. The van der Waals surface area contributed by atoms with Gasteiger partial charge in [0.15, 0.2) is 0 Å². The monoisotopic (exact) mass is 490 g/mol. The lowest BCUT2D eigenvalue weighted by molar-refractivity contribution is 0.0521. The van der Waals surface area contributed by atoms with Crippen molar-refractivity contribution in [3.05, 3.63) is 94.6 Å². The van der Waals surface area contributed by atoms with Crippen LogP contribution in [0.2, 0.25) is 10.0 Å². The molecule has 3 heterocycles. The Labute approximate surface area is 206 Å². The first-order valence-corrected chi connectivity index (χ1v) is 11.5. The molecule has 1 N–H and O–H groups in total. The van der Waals surface area contributed by atoms with Gasteiger partial charge < -0.3 is 14.3 Å². The molecular formula is C26H20Cl2N4O2. The molecule has 0 aliphatic heterocycles. The lowest BCUT2D eigenvalue weighted by Crippen LogP contribution is -2.09. The first kappa shape index (κ1) is 22.2. The van der Waals surface area contributed by atoms with Crippen molar-refractivity contribution in [3.8, 4) is 22.5 Å². The molecule has 8 heteroatoms. The molecule has 170 valence electrons. The van der Waals surface area contributed by atoms with Gasteiger partial charge in [-0.3, -0.25) is 4.98 Å². The highest BCUT2D eigenvalue weighted by Gasteiger charge is 2.26. The van der Waals surface area contributed by atoms with Crippen LogP contribution in [0, 0.1) is 0 Å². The van der Waals surface area contributed by atoms with Gasteiger partial charge in [-0.05, 0) is 31.2 Å². The minimum atomic E-state index is -0.443. The third-order valence-electron chi connectivity index (χ3n) is 5.48. The Kier molecular flexibility index (Phi) is 6.09. The standard InChI is InChI=1S/C26H20Cl2N4O2/c1-2-34-26(33)24-22(20-11-9-17(27)12-21(20)31-24)25-23(16-6-4-3-5-7-16)30-15-32(25)14-19-10-8-18(28)13-29-19/h3-13,15,31H,2,14H2,1H3. The SMILES string of the molecule is CCOC(=O)c1[nH]c2cc(Cl)ccc2c1-c1c(-c2ccccc2)ncn1Cc1ccc(Cl)cn1. The van der Waals surface area contributed by atoms with Crippen LogP contribution in [0.1, 0.15) is 23.1 Å². The molecule has 5 aromatic rings. The first-order valence-electron chi connectivity index (χ1n) is 10.7. The highest BCUT2D eigenvalue weighted by Crippen LogP contribution is 2.39. The third-order valence-corrected chi connectivity index (χ3v) is 5.94. The van der Waals surface area contributed by atoms with Gasteiger partial charge in [-0.25, -0.2) is 9.78 Å². The number of fused-ring (bicyclic) bond motifs is 1. The summed E-state index contributed by atoms with van der Waals surface area (Å²) in [7, 11) is 0. The van der Waals surface area contributed by atoms with E-state index in [0.717, 1.165) is 33.5 Å². The zero-order chi connectivity index (χ0) is 23.7. The van der Waals surface area contributed by atoms with Crippen molar-refractivity contribution in [1.82, 2.24) is 19.5 Å². The zero-order valence-electron chi connectivity index (χ0n) is 18.3. The van der Waals surface area contributed by atoms with E-state index in [0.29, 0.717) is 27.8 Å². The summed E-state index contributed by atoms with van der Waals surface area (Å²) in [5.41, 5.74) is 5.05. The molecule has 0 bridgehead atoms. The largest absolute Gasteiger partial charge is 0.461 e. The van der Waals surface area contributed by atoms with Crippen LogP contribution in [0.25, 0.3) is 33.4 Å². The summed E-state index contributed by atoms with van der Waals surface area (Å²) in [5.74, 6) is -0.443. The normalized spacial score (nSPS) is 11.1. The molecular weight excluding hydrogens is 471 g/mol. The predicted octanol–water partition coefficient (Wildman–Crippen LogP) is 6.63. The van der Waals surface area contributed by atoms with E-state index in [-0.39, 0.29) is 6.61 Å². The molecule has 34 heavy (non-hydrogen) atoms. The van der Waals surface area contributed by atoms with Crippen LogP contribution in [0.5, 0.6) is 0 Å². The summed E-state index contributed by atoms with van der Waals surface area (Å²) >= 11 is 12.3. The van der Waals surface area contributed by atoms with E-state index in [1.54, 1.807) is 37.6 Å². The van der Waals surface area contributed by atoms with Crippen molar-refractivity contribution < 1.29 is 9.53 Å². The maximum atomic E-state index is 13.0. The summed E-state index contributed by atoms with van der Waals surface area (Å²) in [6.45, 7) is 2.48. The van der Waals surface area contributed by atoms with Crippen molar-refractivity contribution >= 4 is 40.1 Å². The fraction of sp³-hybridized carbons (Fsp3) is 0.115. The molecule has 0 unspecified atom stereocenters. The number of halogens is 2. The molecule has 0 aliphatic rings. The molecule has 0 spiro atoms. The molecule has 0 radical (unpaired) electrons. The molecule has 0 saturated carbocycles. The van der Waals surface area contributed by atoms with E-state index in [2.05, 4.69) is 9.97 Å². The van der Waals surface area contributed by atoms with Crippen LogP contribution in [0.15, 0.2) is 73.2 Å². The second kappa shape index (κ2) is 9.33. The number of carbonyl (C=O) groups excluding carboxylic acids is 1. The lowest BCUT2D eigenvalue weighted by atomic mass is 10.0. The molecule has 6 nitrogen and oxygen atoms in total. The highest BCUT2D eigenvalue weighted by molar-refractivity contribution is 6.31. The summed E-state index contributed by atoms with van der Waals surface area (Å²) < 4.78 is 7.37. The average molecular weight is 491 g/mol. The van der Waals surface area contributed by atoms with Crippen molar-refractivity contribution in [3.63, 3.8) is 0 Å². The second-order valence-corrected chi connectivity index (χ2v) is 8.56. The van der Waals surface area contributed by atoms with Gasteiger partial charge in [0.25, 0.3) is 0 Å². The van der Waals surface area contributed by atoms with Crippen LogP contribution in [0.4, 0.5) is 0 Å². The minimum absolute atomic E-state index is 0.258. The number of carbonyl (C=O) groups is 1. The van der Waals surface area contributed by atoms with E-state index < -0.39 is 5.97 Å². The summed E-state index contributed by atoms with van der Waals surface area (Å²) in [6.07, 6.45) is 3.38. The van der Waals surface area contributed by atoms with Crippen molar-refractivity contribution in [2.45, 2.75) is 13.5 Å². The Balaban J connectivity index is 1.78. The van der Waals surface area contributed by atoms with Crippen LogP contribution in [0.3, 0.4) is 0 Å². The molecule has 0 atom stereocenters. The number of ether oxygens (including phenoxy) is 1. The van der Waals surface area contributed by atoms with Crippen molar-refractivity contribution in [1.29, 1.82) is 0 Å². The Morgan fingerprint density at radius 1 is 1.03 bits per heavy atom. The van der Waals surface area contributed by atoms with Crippen LogP contribution in [-0.4, -0.2) is 32.1 Å². The molecule has 3 aromatic heterocycles. The van der Waals surface area contributed by atoms with E-state index >= 15 is 0 Å². The number of hydrogen-bond donors (Lipinski definition) is 1. The topological polar surface area (TPSA) is 72.8 Å². The molecule has 5 rings (SSSR count). The maximum absolute atomic E-state index is 13.0. The van der Waals surface area contributed by atoms with Crippen molar-refractivity contribution in [2.24, 2.45) is 0 Å². The number of aromatic amines is 1. The Hall–Kier alpha value is -3.61. The van der Waals surface area contributed by atoms with Crippen molar-refractivity contribution in [2.75, 3.05) is 6.61 Å². The fourth-order valence-corrected chi connectivity index (χ4v) is 4.30. The van der Waals surface area contributed by atoms with Gasteiger partial charge in [-0.15, -0.1) is 0 Å². The molecule has 0 aliphatic carbocycles. The predicted molar refractivity (Wildman–Crippen MR) is 134 cm³/mol. The van der Waals surface area contributed by atoms with Gasteiger partial charge in [0, 0.05) is 33.2 Å². The lowest BCUT2D eigenvalue weighted by Gasteiger charge is -2.12. The van der Waals surface area contributed by atoms with E-state index in [4.69, 9.17) is 32.9 Å². The van der Waals surface area contributed by atoms with Crippen LogP contribution < -0.4 is 0 Å². The number of imidazole rings is 1. The zero-order valence-corrected chi connectivity index (χ0v) is 19.8. The quantitative estimate of drug-likeness (QED) is 0.271. The number of benzene rings is 2. The first-order chi connectivity index (χ1) is 16.5. The third kappa shape index (κ3) is 4.18. The number of aromatic nitrogens is 4. The average Bonchev–Trinajstić information content (AvgIpc) is 3.41. The van der Waals surface area contributed by atoms with Gasteiger partial charge in [-0.1, -0.05) is 59.6 Å². The Morgan fingerprint density at radius 3 is 2.56 bits per heavy atom. The maximum Gasteiger partial charge on any atom is 0.355 e. The van der Waals surface area contributed by atoms with Gasteiger partial charge in [0.2, 0.25) is 0 Å². The summed E-state index contributed by atoms with van der Waals surface area (Å²) in [6, 6.07) is 19.0. The van der Waals surface area contributed by atoms with Gasteiger partial charge in [-0.2, -0.15) is 0 Å². The van der Waals surface area contributed by atoms with Gasteiger partial charge in [0.05, 0.1) is 41.6 Å². The Bertz CT molecular complexity index is 1470. The second-order valence-electron chi connectivity index (χ2n) is 7.69. The van der Waals surface area contributed by atoms with Gasteiger partial charge in [0.1, 0.15) is 5.69 Å². The number of esters is 1. The van der Waals surface area contributed by atoms with E-state index in [9.17, 15) is 4.79 Å².